The van der Waals surface area contributed by atoms with Gasteiger partial charge < -0.3 is 0 Å². The van der Waals surface area contributed by atoms with E-state index in [-0.39, 0.29) is 23.0 Å². The summed E-state index contributed by atoms with van der Waals surface area (Å²) in [7, 11) is 0. The normalized spacial score (nSPS) is 11.4. The number of ketones is 1. The molecule has 0 aliphatic rings. The molecule has 0 bridgehead atoms. The maximum Gasteiger partial charge on any atom is 0.262 e. The minimum absolute atomic E-state index is 0.0303. The Labute approximate surface area is 173 Å². The van der Waals surface area contributed by atoms with Crippen LogP contribution in [0.1, 0.15) is 35.3 Å². The third-order valence-electron chi connectivity index (χ3n) is 4.46. The summed E-state index contributed by atoms with van der Waals surface area (Å²) in [5.74, 6) is 0.530. The lowest BCUT2D eigenvalue weighted by molar-refractivity contribution is 0.102. The molecule has 0 amide bonds. The van der Waals surface area contributed by atoms with E-state index in [9.17, 15) is 9.59 Å². The van der Waals surface area contributed by atoms with Gasteiger partial charge in [0.1, 0.15) is 0 Å². The molecule has 0 saturated carbocycles. The molecular weight excluding hydrogens is 392 g/mol. The van der Waals surface area contributed by atoms with Gasteiger partial charge in [0.15, 0.2) is 10.9 Å². The van der Waals surface area contributed by atoms with Crippen LogP contribution in [0.5, 0.6) is 0 Å². The van der Waals surface area contributed by atoms with Crippen molar-refractivity contribution in [2.75, 3.05) is 5.75 Å². The van der Waals surface area contributed by atoms with Gasteiger partial charge in [-0.15, -0.1) is 0 Å². The number of fused-ring (bicyclic) bond motifs is 1. The number of rotatable bonds is 6. The Bertz CT molecular complexity index is 1110. The second-order valence-corrected chi connectivity index (χ2v) is 8.77. The van der Waals surface area contributed by atoms with Crippen LogP contribution in [0.25, 0.3) is 10.9 Å². The van der Waals surface area contributed by atoms with Gasteiger partial charge in [-0.25, -0.2) is 4.98 Å². The van der Waals surface area contributed by atoms with Crippen LogP contribution in [0.4, 0.5) is 0 Å². The third-order valence-corrected chi connectivity index (χ3v) is 5.67. The van der Waals surface area contributed by atoms with Crippen LogP contribution < -0.4 is 5.56 Å². The molecule has 1 heterocycles. The first-order valence-corrected chi connectivity index (χ1v) is 10.6. The SMILES string of the molecule is Cc1ccc(C)c(C(=O)CSc2nc3cc(Cl)ccc3c(=O)n2CC(C)C)c1. The van der Waals surface area contributed by atoms with Crippen molar-refractivity contribution in [3.05, 3.63) is 68.5 Å². The van der Waals surface area contributed by atoms with Crippen molar-refractivity contribution in [2.45, 2.75) is 39.4 Å². The largest absolute Gasteiger partial charge is 0.293 e. The lowest BCUT2D eigenvalue weighted by Crippen LogP contribution is -2.25. The number of hydrogen-bond donors (Lipinski definition) is 0. The molecule has 0 atom stereocenters. The number of nitrogens with zero attached hydrogens (tertiary/aromatic N) is 2. The highest BCUT2D eigenvalue weighted by molar-refractivity contribution is 7.99. The van der Waals surface area contributed by atoms with Crippen molar-refractivity contribution in [1.29, 1.82) is 0 Å². The monoisotopic (exact) mass is 414 g/mol. The van der Waals surface area contributed by atoms with Crippen LogP contribution in [-0.4, -0.2) is 21.1 Å². The molecule has 6 heteroatoms. The molecule has 3 rings (SSSR count). The lowest BCUT2D eigenvalue weighted by Gasteiger charge is -2.15. The van der Waals surface area contributed by atoms with Crippen LogP contribution in [0, 0.1) is 19.8 Å². The number of benzene rings is 2. The van der Waals surface area contributed by atoms with Crippen LogP contribution in [0.3, 0.4) is 0 Å². The van der Waals surface area contributed by atoms with Gasteiger partial charge in [0, 0.05) is 17.1 Å². The molecule has 4 nitrogen and oxygen atoms in total. The van der Waals surface area contributed by atoms with Crippen LogP contribution in [0.2, 0.25) is 5.02 Å². The highest BCUT2D eigenvalue weighted by Gasteiger charge is 2.16. The summed E-state index contributed by atoms with van der Waals surface area (Å²) >= 11 is 7.38. The maximum atomic E-state index is 13.0. The molecule has 0 unspecified atom stereocenters. The number of Topliss-reactive ketones (excluding diaryl/α,β-unsaturated/α-hetero) is 1. The Kier molecular flexibility index (Phi) is 6.26. The Morgan fingerprint density at radius 2 is 1.93 bits per heavy atom. The molecule has 146 valence electrons. The van der Waals surface area contributed by atoms with E-state index in [4.69, 9.17) is 11.6 Å². The number of hydrogen-bond acceptors (Lipinski definition) is 4. The van der Waals surface area contributed by atoms with Crippen molar-refractivity contribution in [3.63, 3.8) is 0 Å². The van der Waals surface area contributed by atoms with Gasteiger partial charge in [0.05, 0.1) is 16.7 Å². The average molecular weight is 415 g/mol. The van der Waals surface area contributed by atoms with Gasteiger partial charge in [0.2, 0.25) is 0 Å². The summed E-state index contributed by atoms with van der Waals surface area (Å²) in [6.07, 6.45) is 0. The van der Waals surface area contributed by atoms with E-state index in [1.807, 2.05) is 45.9 Å². The molecule has 0 spiro atoms. The fourth-order valence-corrected chi connectivity index (χ4v) is 4.11. The van der Waals surface area contributed by atoms with Gasteiger partial charge in [-0.3, -0.25) is 14.2 Å². The van der Waals surface area contributed by atoms with Gasteiger partial charge >= 0.3 is 0 Å². The second kappa shape index (κ2) is 8.50. The third kappa shape index (κ3) is 4.47. The summed E-state index contributed by atoms with van der Waals surface area (Å²) in [5.41, 5.74) is 3.17. The Balaban J connectivity index is 1.98. The van der Waals surface area contributed by atoms with Gasteiger partial charge in [-0.2, -0.15) is 0 Å². The minimum Gasteiger partial charge on any atom is -0.293 e. The first kappa shape index (κ1) is 20.6. The number of halogens is 1. The zero-order valence-electron chi connectivity index (χ0n) is 16.5. The van der Waals surface area contributed by atoms with Gasteiger partial charge in [-0.05, 0) is 49.6 Å². The Morgan fingerprint density at radius 3 is 2.64 bits per heavy atom. The molecule has 28 heavy (non-hydrogen) atoms. The van der Waals surface area contributed by atoms with E-state index < -0.39 is 0 Å². The van der Waals surface area contributed by atoms with Crippen molar-refractivity contribution in [2.24, 2.45) is 5.92 Å². The van der Waals surface area contributed by atoms with E-state index in [1.54, 1.807) is 22.8 Å². The first-order chi connectivity index (χ1) is 13.3. The molecular formula is C22H23ClN2O2S. The van der Waals surface area contributed by atoms with Crippen LogP contribution >= 0.6 is 23.4 Å². The summed E-state index contributed by atoms with van der Waals surface area (Å²) in [5, 5.41) is 1.62. The van der Waals surface area contributed by atoms with Crippen molar-refractivity contribution in [3.8, 4) is 0 Å². The molecule has 0 radical (unpaired) electrons. The van der Waals surface area contributed by atoms with E-state index in [0.29, 0.717) is 33.2 Å². The molecule has 0 saturated heterocycles. The van der Waals surface area contributed by atoms with Crippen molar-refractivity contribution < 1.29 is 4.79 Å². The standard InChI is InChI=1S/C22H23ClN2O2S/c1-13(2)11-25-21(27)17-8-7-16(23)10-19(17)24-22(25)28-12-20(26)18-9-14(3)5-6-15(18)4/h5-10,13H,11-12H2,1-4H3. The second-order valence-electron chi connectivity index (χ2n) is 7.40. The quantitative estimate of drug-likeness (QED) is 0.312. The van der Waals surface area contributed by atoms with E-state index >= 15 is 0 Å². The fourth-order valence-electron chi connectivity index (χ4n) is 3.05. The van der Waals surface area contributed by atoms with E-state index in [0.717, 1.165) is 11.1 Å². The number of thioether (sulfide) groups is 1. The van der Waals surface area contributed by atoms with Gasteiger partial charge in [0.25, 0.3) is 5.56 Å². The van der Waals surface area contributed by atoms with Gasteiger partial charge in [-0.1, -0.05) is 54.9 Å². The minimum atomic E-state index is -0.1000. The zero-order valence-corrected chi connectivity index (χ0v) is 18.0. The predicted octanol–water partition coefficient (Wildman–Crippen LogP) is 5.30. The predicted molar refractivity (Wildman–Crippen MR) is 117 cm³/mol. The maximum absolute atomic E-state index is 13.0. The molecule has 0 fully saturated rings. The lowest BCUT2D eigenvalue weighted by atomic mass is 10.0. The Hall–Kier alpha value is -2.11. The number of carbonyl (C=O) groups is 1. The average Bonchev–Trinajstić information content (AvgIpc) is 2.63. The molecule has 3 aromatic rings. The molecule has 2 aromatic carbocycles. The summed E-state index contributed by atoms with van der Waals surface area (Å²) in [6.45, 7) is 8.55. The smallest absolute Gasteiger partial charge is 0.262 e. The van der Waals surface area contributed by atoms with E-state index in [2.05, 4.69) is 4.98 Å². The summed E-state index contributed by atoms with van der Waals surface area (Å²) in [4.78, 5) is 30.4. The highest BCUT2D eigenvalue weighted by atomic mass is 35.5. The zero-order chi connectivity index (χ0) is 20.4. The van der Waals surface area contributed by atoms with Crippen molar-refractivity contribution >= 4 is 40.0 Å². The first-order valence-electron chi connectivity index (χ1n) is 9.19. The molecule has 0 aliphatic carbocycles. The fraction of sp³-hybridized carbons (Fsp3) is 0.318. The Morgan fingerprint density at radius 1 is 1.18 bits per heavy atom. The topological polar surface area (TPSA) is 52.0 Å². The molecule has 0 N–H and O–H groups in total. The number of aryl methyl sites for hydroxylation is 2. The van der Waals surface area contributed by atoms with Crippen LogP contribution in [-0.2, 0) is 6.54 Å². The highest BCUT2D eigenvalue weighted by Crippen LogP contribution is 2.23. The molecule has 0 aliphatic heterocycles. The van der Waals surface area contributed by atoms with E-state index in [1.165, 1.54) is 11.8 Å². The molecule has 1 aromatic heterocycles. The van der Waals surface area contributed by atoms with Crippen molar-refractivity contribution in [1.82, 2.24) is 9.55 Å². The number of aromatic nitrogens is 2. The summed E-state index contributed by atoms with van der Waals surface area (Å²) in [6, 6.07) is 11.0. The van der Waals surface area contributed by atoms with Crippen LogP contribution in [0.15, 0.2) is 46.3 Å². The number of carbonyl (C=O) groups excluding carboxylic acids is 1. The summed E-state index contributed by atoms with van der Waals surface area (Å²) < 4.78 is 1.67.